The van der Waals surface area contributed by atoms with Crippen LogP contribution in [0.4, 0.5) is 0 Å². The van der Waals surface area contributed by atoms with E-state index in [9.17, 15) is 14.7 Å². The van der Waals surface area contributed by atoms with E-state index in [1.165, 1.54) is 0 Å². The summed E-state index contributed by atoms with van der Waals surface area (Å²) >= 11 is 0. The van der Waals surface area contributed by atoms with E-state index >= 15 is 0 Å². The molecule has 8 atom stereocenters. The standard InChI is InChI=1S/C28H38O6/c1-9-14(2)24(30)33-22-15(3)12-27-16(4)10-19-20(25(19,5)6)18(21(27)29)11-17-13-32-26(7,8)34-23(17)28(22,27)31/h9,11-12,16,18-20,22-23,31H,10,13H2,1-8H3/t16?,18-,19?,20?,22?,23+,27-,28?/m0/s1. The van der Waals surface area contributed by atoms with Crippen molar-refractivity contribution in [3.8, 4) is 0 Å². The highest BCUT2D eigenvalue weighted by Gasteiger charge is 2.77. The third-order valence-electron chi connectivity index (χ3n) is 9.65. The van der Waals surface area contributed by atoms with Crippen molar-refractivity contribution in [3.63, 3.8) is 0 Å². The van der Waals surface area contributed by atoms with Crippen LogP contribution >= 0.6 is 0 Å². The van der Waals surface area contributed by atoms with Gasteiger partial charge in [-0.15, -0.1) is 0 Å². The van der Waals surface area contributed by atoms with Gasteiger partial charge in [0, 0.05) is 11.5 Å². The summed E-state index contributed by atoms with van der Waals surface area (Å²) in [6.45, 7) is 15.8. The fourth-order valence-electron chi connectivity index (χ4n) is 7.62. The monoisotopic (exact) mass is 470 g/mol. The molecular formula is C28H38O6. The zero-order valence-electron chi connectivity index (χ0n) is 21.6. The van der Waals surface area contributed by atoms with E-state index in [-0.39, 0.29) is 35.6 Å². The number of ketones is 1. The minimum Gasteiger partial charge on any atom is -0.451 e. The molecule has 1 N–H and O–H groups in total. The number of carbonyl (C=O) groups is 2. The quantitative estimate of drug-likeness (QED) is 0.371. The van der Waals surface area contributed by atoms with Crippen molar-refractivity contribution in [3.05, 3.63) is 34.9 Å². The highest BCUT2D eigenvalue weighted by atomic mass is 16.7. The minimum atomic E-state index is -1.76. The van der Waals surface area contributed by atoms with Crippen LogP contribution in [0.2, 0.25) is 0 Å². The maximum Gasteiger partial charge on any atom is 0.334 e. The third-order valence-corrected chi connectivity index (χ3v) is 9.65. The molecule has 1 heterocycles. The van der Waals surface area contributed by atoms with Crippen LogP contribution in [0.1, 0.15) is 61.8 Å². The molecule has 0 aromatic rings. The van der Waals surface area contributed by atoms with Gasteiger partial charge in [-0.05, 0) is 75.4 Å². The first kappa shape index (κ1) is 24.0. The summed E-state index contributed by atoms with van der Waals surface area (Å²) in [4.78, 5) is 27.5. The van der Waals surface area contributed by atoms with Crippen LogP contribution in [0.25, 0.3) is 0 Å². The lowest BCUT2D eigenvalue weighted by molar-refractivity contribution is -0.303. The molecule has 3 fully saturated rings. The highest BCUT2D eigenvalue weighted by Crippen LogP contribution is 2.72. The van der Waals surface area contributed by atoms with E-state index in [1.807, 2.05) is 32.9 Å². The number of fused-ring (bicyclic) bond motifs is 5. The van der Waals surface area contributed by atoms with Gasteiger partial charge in [0.05, 0.1) is 12.0 Å². The molecule has 1 aliphatic heterocycles. The molecular weight excluding hydrogens is 432 g/mol. The number of hydrogen-bond donors (Lipinski definition) is 1. The van der Waals surface area contributed by atoms with Crippen molar-refractivity contribution >= 4 is 11.8 Å². The smallest absolute Gasteiger partial charge is 0.334 e. The molecule has 0 amide bonds. The Balaban J connectivity index is 1.72. The molecule has 0 radical (unpaired) electrons. The Morgan fingerprint density at radius 2 is 1.94 bits per heavy atom. The van der Waals surface area contributed by atoms with E-state index in [0.29, 0.717) is 17.1 Å². The molecule has 0 aromatic carbocycles. The SMILES string of the molecule is CC=C(C)C(=O)OC1C(C)=C[C@]23C(=O)[C@@H](C=C4COC(C)(C)O[C@H]4C12O)C1C(CC3C)C1(C)C. The van der Waals surface area contributed by atoms with Gasteiger partial charge in [-0.2, -0.15) is 0 Å². The molecule has 2 bridgehead atoms. The molecule has 6 nitrogen and oxygen atoms in total. The van der Waals surface area contributed by atoms with Crippen molar-refractivity contribution in [1.29, 1.82) is 0 Å². The fraction of sp³-hybridized carbons (Fsp3) is 0.714. The zero-order valence-corrected chi connectivity index (χ0v) is 21.6. The Bertz CT molecular complexity index is 1050. The number of allylic oxidation sites excluding steroid dienone is 2. The van der Waals surface area contributed by atoms with Gasteiger partial charge in [-0.3, -0.25) is 4.79 Å². The van der Waals surface area contributed by atoms with Crippen LogP contribution in [0.3, 0.4) is 0 Å². The van der Waals surface area contributed by atoms with Crippen LogP contribution in [-0.2, 0) is 23.8 Å². The average molecular weight is 471 g/mol. The third kappa shape index (κ3) is 2.85. The molecule has 1 saturated heterocycles. The molecule has 6 heteroatoms. The lowest BCUT2D eigenvalue weighted by atomic mass is 9.59. The Hall–Kier alpha value is -1.76. The molecule has 4 aliphatic carbocycles. The van der Waals surface area contributed by atoms with Crippen molar-refractivity contribution in [2.24, 2.45) is 34.5 Å². The predicted octanol–water partition coefficient (Wildman–Crippen LogP) is 4.13. The van der Waals surface area contributed by atoms with Crippen LogP contribution in [0.5, 0.6) is 0 Å². The van der Waals surface area contributed by atoms with Gasteiger partial charge in [-0.1, -0.05) is 39.0 Å². The number of aliphatic hydroxyl groups is 1. The number of ether oxygens (including phenoxy) is 3. The summed E-state index contributed by atoms with van der Waals surface area (Å²) in [6, 6.07) is 0. The van der Waals surface area contributed by atoms with Crippen molar-refractivity contribution < 1.29 is 28.9 Å². The summed E-state index contributed by atoms with van der Waals surface area (Å²) in [7, 11) is 0. The topological polar surface area (TPSA) is 82.1 Å². The van der Waals surface area contributed by atoms with E-state index in [0.717, 1.165) is 12.0 Å². The van der Waals surface area contributed by atoms with Crippen LogP contribution in [-0.4, -0.2) is 47.1 Å². The van der Waals surface area contributed by atoms with E-state index in [2.05, 4.69) is 20.8 Å². The molecule has 5 unspecified atom stereocenters. The normalized spacial score (nSPS) is 46.1. The van der Waals surface area contributed by atoms with E-state index in [1.54, 1.807) is 19.9 Å². The maximum atomic E-state index is 14.6. The predicted molar refractivity (Wildman–Crippen MR) is 126 cm³/mol. The number of esters is 1. The van der Waals surface area contributed by atoms with Crippen LogP contribution in [0, 0.1) is 34.5 Å². The molecule has 2 saturated carbocycles. The Kier molecular flexibility index (Phi) is 5.03. The number of hydrogen-bond acceptors (Lipinski definition) is 6. The summed E-state index contributed by atoms with van der Waals surface area (Å²) in [6.07, 6.45) is 4.62. The van der Waals surface area contributed by atoms with Gasteiger partial charge < -0.3 is 19.3 Å². The van der Waals surface area contributed by atoms with E-state index in [4.69, 9.17) is 14.2 Å². The fourth-order valence-corrected chi connectivity index (χ4v) is 7.62. The second-order valence-corrected chi connectivity index (χ2v) is 12.2. The lowest BCUT2D eigenvalue weighted by Crippen LogP contribution is -2.68. The van der Waals surface area contributed by atoms with Crippen molar-refractivity contribution in [2.45, 2.75) is 85.4 Å². The second kappa shape index (κ2) is 7.14. The minimum absolute atomic E-state index is 0.0181. The highest BCUT2D eigenvalue weighted by molar-refractivity contribution is 5.96. The van der Waals surface area contributed by atoms with Crippen LogP contribution in [0.15, 0.2) is 34.9 Å². The van der Waals surface area contributed by atoms with Gasteiger partial charge in [0.2, 0.25) is 0 Å². The summed E-state index contributed by atoms with van der Waals surface area (Å²) in [5.41, 5.74) is -0.994. The van der Waals surface area contributed by atoms with Crippen LogP contribution < -0.4 is 0 Å². The number of carbonyl (C=O) groups excluding carboxylic acids is 2. The molecule has 186 valence electrons. The average Bonchev–Trinajstić information content (AvgIpc) is 3.25. The zero-order chi connectivity index (χ0) is 25.0. The Morgan fingerprint density at radius 1 is 1.26 bits per heavy atom. The first-order valence-electron chi connectivity index (χ1n) is 12.5. The van der Waals surface area contributed by atoms with E-state index < -0.39 is 35.0 Å². The molecule has 1 spiro atoms. The number of rotatable bonds is 2. The van der Waals surface area contributed by atoms with Gasteiger partial charge in [0.1, 0.15) is 6.10 Å². The first-order valence-corrected chi connectivity index (χ1v) is 12.5. The summed E-state index contributed by atoms with van der Waals surface area (Å²) in [5, 5.41) is 12.9. The molecule has 5 rings (SSSR count). The summed E-state index contributed by atoms with van der Waals surface area (Å²) in [5.74, 6) is -1.30. The first-order chi connectivity index (χ1) is 15.7. The van der Waals surface area contributed by atoms with Gasteiger partial charge in [-0.25, -0.2) is 4.79 Å². The summed E-state index contributed by atoms with van der Waals surface area (Å²) < 4.78 is 18.4. The van der Waals surface area contributed by atoms with Gasteiger partial charge >= 0.3 is 5.97 Å². The Morgan fingerprint density at radius 3 is 2.59 bits per heavy atom. The largest absolute Gasteiger partial charge is 0.451 e. The molecule has 5 aliphatic rings. The molecule has 0 aromatic heterocycles. The van der Waals surface area contributed by atoms with Crippen molar-refractivity contribution in [1.82, 2.24) is 0 Å². The Labute approximate surface area is 202 Å². The maximum absolute atomic E-state index is 14.6. The number of Topliss-reactive ketones (excluding diaryl/α,β-unsaturated/α-hetero) is 1. The lowest BCUT2D eigenvalue weighted by Gasteiger charge is -2.52. The second-order valence-electron chi connectivity index (χ2n) is 12.2. The van der Waals surface area contributed by atoms with Gasteiger partial charge in [0.15, 0.2) is 23.3 Å². The molecule has 34 heavy (non-hydrogen) atoms. The van der Waals surface area contributed by atoms with Crippen molar-refractivity contribution in [2.75, 3.05) is 6.61 Å². The van der Waals surface area contributed by atoms with Gasteiger partial charge in [0.25, 0.3) is 0 Å².